The second-order valence-electron chi connectivity index (χ2n) is 9.87. The van der Waals surface area contributed by atoms with E-state index < -0.39 is 6.04 Å². The number of imide groups is 1. The maximum atomic E-state index is 12.9. The molecule has 2 saturated carbocycles. The van der Waals surface area contributed by atoms with Crippen LogP contribution in [0.2, 0.25) is 0 Å². The molecule has 3 atom stereocenters. The van der Waals surface area contributed by atoms with Crippen molar-refractivity contribution in [2.24, 2.45) is 5.92 Å². The molecule has 2 aliphatic carbocycles. The molecular weight excluding hydrogens is 422 g/mol. The van der Waals surface area contributed by atoms with E-state index in [2.05, 4.69) is 10.6 Å². The third-order valence-electron chi connectivity index (χ3n) is 7.68. The summed E-state index contributed by atoms with van der Waals surface area (Å²) in [6.07, 6.45) is 7.91. The Kier molecular flexibility index (Phi) is 6.38. The second-order valence-corrected chi connectivity index (χ2v) is 9.87. The third kappa shape index (κ3) is 4.64. The predicted octanol–water partition coefficient (Wildman–Crippen LogP) is 2.15. The maximum Gasteiger partial charge on any atom is 0.255 e. The van der Waals surface area contributed by atoms with Gasteiger partial charge in [-0.25, -0.2) is 0 Å². The lowest BCUT2D eigenvalue weighted by molar-refractivity contribution is -0.136. The topological polar surface area (TPSA) is 97.0 Å². The van der Waals surface area contributed by atoms with E-state index in [9.17, 15) is 14.4 Å². The number of hydrogen-bond acceptors (Lipinski definition) is 6. The Bertz CT molecular complexity index is 929. The molecule has 3 unspecified atom stereocenters. The highest BCUT2D eigenvalue weighted by molar-refractivity contribution is 6.05. The van der Waals surface area contributed by atoms with E-state index in [0.29, 0.717) is 36.6 Å². The lowest BCUT2D eigenvalue weighted by atomic mass is 9.81. The van der Waals surface area contributed by atoms with Crippen LogP contribution in [0.4, 0.5) is 0 Å². The van der Waals surface area contributed by atoms with Crippen LogP contribution in [-0.4, -0.2) is 60.6 Å². The molecule has 0 radical (unpaired) electrons. The summed E-state index contributed by atoms with van der Waals surface area (Å²) < 4.78 is 11.8. The van der Waals surface area contributed by atoms with Crippen molar-refractivity contribution >= 4 is 17.7 Å². The molecule has 2 aliphatic heterocycles. The number of carbonyl (C=O) groups is 3. The molecule has 0 aromatic heterocycles. The van der Waals surface area contributed by atoms with E-state index >= 15 is 0 Å². The zero-order valence-corrected chi connectivity index (χ0v) is 19.2. The molecule has 5 rings (SSSR count). The van der Waals surface area contributed by atoms with E-state index in [0.717, 1.165) is 50.0 Å². The molecule has 0 spiro atoms. The molecule has 2 N–H and O–H groups in total. The van der Waals surface area contributed by atoms with Crippen molar-refractivity contribution in [2.75, 3.05) is 13.7 Å². The first-order valence-electron chi connectivity index (χ1n) is 12.2. The maximum absolute atomic E-state index is 12.9. The van der Waals surface area contributed by atoms with Crippen LogP contribution in [0.25, 0.3) is 0 Å². The van der Waals surface area contributed by atoms with Crippen molar-refractivity contribution in [3.63, 3.8) is 0 Å². The Morgan fingerprint density at radius 1 is 1.12 bits per heavy atom. The summed E-state index contributed by atoms with van der Waals surface area (Å²) in [6, 6.07) is 5.35. The summed E-state index contributed by atoms with van der Waals surface area (Å²) in [5, 5.41) is 6.09. The van der Waals surface area contributed by atoms with Gasteiger partial charge in [-0.1, -0.05) is 6.42 Å². The number of methoxy groups -OCH3 is 1. The van der Waals surface area contributed by atoms with Crippen LogP contribution in [0.1, 0.15) is 67.3 Å². The monoisotopic (exact) mass is 455 g/mol. The minimum Gasteiger partial charge on any atom is -0.489 e. The number of fused-ring (bicyclic) bond motifs is 1. The van der Waals surface area contributed by atoms with E-state index in [1.807, 2.05) is 18.2 Å². The van der Waals surface area contributed by atoms with Gasteiger partial charge in [0.2, 0.25) is 11.8 Å². The number of benzene rings is 1. The fraction of sp³-hybridized carbons (Fsp3) is 0.640. The molecule has 8 nitrogen and oxygen atoms in total. The van der Waals surface area contributed by atoms with E-state index in [1.165, 1.54) is 6.42 Å². The first-order valence-corrected chi connectivity index (χ1v) is 12.2. The molecule has 1 saturated heterocycles. The Hall–Kier alpha value is -2.45. The summed E-state index contributed by atoms with van der Waals surface area (Å²) >= 11 is 0. The minimum atomic E-state index is -0.594. The van der Waals surface area contributed by atoms with Crippen LogP contribution in [0, 0.1) is 5.92 Å². The first-order chi connectivity index (χ1) is 16.0. The van der Waals surface area contributed by atoms with Crippen LogP contribution in [-0.2, 0) is 20.9 Å². The number of amides is 3. The predicted molar refractivity (Wildman–Crippen MR) is 121 cm³/mol. The molecule has 3 fully saturated rings. The molecule has 1 aromatic carbocycles. The average molecular weight is 456 g/mol. The van der Waals surface area contributed by atoms with Gasteiger partial charge in [-0.3, -0.25) is 19.7 Å². The summed E-state index contributed by atoms with van der Waals surface area (Å²) in [5.74, 6) is 0.638. The molecular formula is C25H33N3O5. The highest BCUT2D eigenvalue weighted by Gasteiger charge is 2.39. The van der Waals surface area contributed by atoms with Crippen molar-refractivity contribution in [2.45, 2.75) is 82.2 Å². The van der Waals surface area contributed by atoms with Gasteiger partial charge in [0.15, 0.2) is 0 Å². The van der Waals surface area contributed by atoms with Crippen LogP contribution in [0.15, 0.2) is 18.2 Å². The molecule has 8 heteroatoms. The van der Waals surface area contributed by atoms with Gasteiger partial charge in [-0.05, 0) is 74.8 Å². The smallest absolute Gasteiger partial charge is 0.255 e. The zero-order valence-electron chi connectivity index (χ0n) is 19.2. The quantitative estimate of drug-likeness (QED) is 0.612. The van der Waals surface area contributed by atoms with Gasteiger partial charge in [0.1, 0.15) is 17.9 Å². The average Bonchev–Trinajstić information content (AvgIpc) is 3.09. The lowest BCUT2D eigenvalue weighted by Gasteiger charge is -2.38. The van der Waals surface area contributed by atoms with Crippen molar-refractivity contribution in [1.29, 1.82) is 0 Å². The van der Waals surface area contributed by atoms with Gasteiger partial charge in [0.25, 0.3) is 5.91 Å². The molecule has 4 aliphatic rings. The normalized spacial score (nSPS) is 31.7. The molecule has 2 heterocycles. The van der Waals surface area contributed by atoms with Crippen molar-refractivity contribution in [3.8, 4) is 5.75 Å². The molecule has 178 valence electrons. The number of piperidine rings is 1. The Balaban J connectivity index is 1.21. The second kappa shape index (κ2) is 9.43. The summed E-state index contributed by atoms with van der Waals surface area (Å²) in [6.45, 7) is 1.37. The highest BCUT2D eigenvalue weighted by Crippen LogP contribution is 2.33. The number of nitrogens with one attached hydrogen (secondary N) is 2. The van der Waals surface area contributed by atoms with Gasteiger partial charge in [-0.15, -0.1) is 0 Å². The van der Waals surface area contributed by atoms with Gasteiger partial charge >= 0.3 is 0 Å². The molecule has 1 aromatic rings. The van der Waals surface area contributed by atoms with Crippen LogP contribution in [0.3, 0.4) is 0 Å². The summed E-state index contributed by atoms with van der Waals surface area (Å²) in [7, 11) is 1.79. The fourth-order valence-electron chi connectivity index (χ4n) is 5.62. The van der Waals surface area contributed by atoms with Crippen LogP contribution < -0.4 is 15.4 Å². The van der Waals surface area contributed by atoms with E-state index in [-0.39, 0.29) is 30.2 Å². The highest BCUT2D eigenvalue weighted by atomic mass is 16.5. The number of nitrogens with zero attached hydrogens (tertiary/aromatic N) is 1. The number of carbonyl (C=O) groups excluding carboxylic acids is 3. The number of rotatable bonds is 7. The Morgan fingerprint density at radius 3 is 2.73 bits per heavy atom. The van der Waals surface area contributed by atoms with Crippen molar-refractivity contribution in [1.82, 2.24) is 15.5 Å². The fourth-order valence-corrected chi connectivity index (χ4v) is 5.62. The van der Waals surface area contributed by atoms with Gasteiger partial charge in [-0.2, -0.15) is 0 Å². The van der Waals surface area contributed by atoms with Crippen molar-refractivity contribution in [3.05, 3.63) is 29.3 Å². The SMILES string of the molecule is CO[C@H]1C[C@@H](CNC2CCCCC2Oc2ccc3c(c2)CN(C2CCC(=O)NC2=O)C3=O)C1. The van der Waals surface area contributed by atoms with E-state index in [4.69, 9.17) is 9.47 Å². The largest absolute Gasteiger partial charge is 0.489 e. The van der Waals surface area contributed by atoms with Gasteiger partial charge < -0.3 is 19.7 Å². The van der Waals surface area contributed by atoms with Gasteiger partial charge in [0.05, 0.1) is 6.10 Å². The zero-order chi connectivity index (χ0) is 22.9. The van der Waals surface area contributed by atoms with Crippen LogP contribution >= 0.6 is 0 Å². The summed E-state index contributed by atoms with van der Waals surface area (Å²) in [5.41, 5.74) is 1.49. The lowest BCUT2D eigenvalue weighted by Crippen LogP contribution is -2.52. The van der Waals surface area contributed by atoms with E-state index in [1.54, 1.807) is 12.0 Å². The van der Waals surface area contributed by atoms with Gasteiger partial charge in [0, 0.05) is 31.7 Å². The minimum absolute atomic E-state index is 0.110. The standard InChI is InChI=1S/C25H33N3O5/c1-32-18-10-15(11-18)13-26-20-4-2-3-5-22(20)33-17-6-7-19-16(12-17)14-28(25(19)31)21-8-9-23(29)27-24(21)30/h6-7,12,15,18,20-22,26H,2-5,8-11,13-14H2,1H3,(H,27,29,30)/t15-,18+,20?,21?,22?. The number of hydrogen-bond donors (Lipinski definition) is 2. The third-order valence-corrected chi connectivity index (χ3v) is 7.68. The van der Waals surface area contributed by atoms with Crippen molar-refractivity contribution < 1.29 is 23.9 Å². The summed E-state index contributed by atoms with van der Waals surface area (Å²) in [4.78, 5) is 38.2. The Morgan fingerprint density at radius 2 is 1.94 bits per heavy atom. The Labute approximate surface area is 194 Å². The number of ether oxygens (including phenoxy) is 2. The molecule has 33 heavy (non-hydrogen) atoms. The van der Waals surface area contributed by atoms with Crippen LogP contribution in [0.5, 0.6) is 5.75 Å². The molecule has 3 amide bonds. The molecule has 0 bridgehead atoms. The first kappa shape index (κ1) is 22.3.